The number of nitrogens with one attached hydrogen (secondary N) is 2. The number of fused-ring (bicyclic) bond motifs is 3. The van der Waals surface area contributed by atoms with Crippen LogP contribution >= 0.6 is 22.6 Å². The molecule has 35 heavy (non-hydrogen) atoms. The zero-order valence-corrected chi connectivity index (χ0v) is 20.9. The third kappa shape index (κ3) is 4.75. The molecule has 2 amide bonds. The zero-order valence-electron chi connectivity index (χ0n) is 18.7. The van der Waals surface area contributed by atoms with E-state index < -0.39 is 17.5 Å². The summed E-state index contributed by atoms with van der Waals surface area (Å²) in [6.07, 6.45) is 0.713. The molecule has 3 N–H and O–H groups in total. The predicted molar refractivity (Wildman–Crippen MR) is 139 cm³/mol. The number of halogens is 1. The minimum absolute atomic E-state index is 0.0321. The van der Waals surface area contributed by atoms with E-state index in [1.165, 1.54) is 12.1 Å². The molecule has 0 aromatic heterocycles. The first-order valence-corrected chi connectivity index (χ1v) is 12.4. The van der Waals surface area contributed by atoms with Crippen molar-refractivity contribution in [2.24, 2.45) is 5.41 Å². The number of alkyl carbamates (subject to hydrolysis) is 1. The van der Waals surface area contributed by atoms with Gasteiger partial charge in [0.1, 0.15) is 6.61 Å². The van der Waals surface area contributed by atoms with E-state index in [4.69, 9.17) is 4.74 Å². The van der Waals surface area contributed by atoms with Gasteiger partial charge in [-0.15, -0.1) is 0 Å². The highest BCUT2D eigenvalue weighted by Crippen LogP contribution is 2.46. The molecule has 0 radical (unpaired) electrons. The van der Waals surface area contributed by atoms with Crippen LogP contribution in [0.2, 0.25) is 0 Å². The Balaban J connectivity index is 1.18. The summed E-state index contributed by atoms with van der Waals surface area (Å²) in [5.41, 5.74) is 4.41. The van der Waals surface area contributed by atoms with Crippen LogP contribution in [0.4, 0.5) is 10.5 Å². The molecule has 7 nitrogen and oxygen atoms in total. The molecule has 2 aliphatic rings. The topological polar surface area (TPSA) is 105 Å². The Hall–Kier alpha value is -3.40. The van der Waals surface area contributed by atoms with Crippen molar-refractivity contribution >= 4 is 46.2 Å². The average Bonchev–Trinajstić information content (AvgIpc) is 3.58. The molecule has 178 valence electrons. The number of hydrogen-bond donors (Lipinski definition) is 3. The number of carboxylic acid groups (broad SMARTS) is 1. The summed E-state index contributed by atoms with van der Waals surface area (Å²) in [5, 5.41) is 14.8. The molecular formula is C27H23IN2O5. The minimum Gasteiger partial charge on any atom is -0.478 e. The second-order valence-corrected chi connectivity index (χ2v) is 10.2. The van der Waals surface area contributed by atoms with Gasteiger partial charge in [-0.1, -0.05) is 48.5 Å². The van der Waals surface area contributed by atoms with Crippen LogP contribution in [0.3, 0.4) is 0 Å². The van der Waals surface area contributed by atoms with Crippen LogP contribution in [0.5, 0.6) is 0 Å². The van der Waals surface area contributed by atoms with E-state index in [2.05, 4.69) is 34.9 Å². The van der Waals surface area contributed by atoms with Crippen molar-refractivity contribution in [3.05, 3.63) is 87.0 Å². The molecule has 0 heterocycles. The summed E-state index contributed by atoms with van der Waals surface area (Å²) >= 11 is 2.01. The number of benzene rings is 3. The van der Waals surface area contributed by atoms with E-state index in [-0.39, 0.29) is 30.5 Å². The maximum absolute atomic E-state index is 12.9. The van der Waals surface area contributed by atoms with E-state index in [1.54, 1.807) is 6.07 Å². The van der Waals surface area contributed by atoms with Gasteiger partial charge in [0.15, 0.2) is 0 Å². The van der Waals surface area contributed by atoms with Gasteiger partial charge in [-0.3, -0.25) is 4.79 Å². The second kappa shape index (κ2) is 9.33. The lowest BCUT2D eigenvalue weighted by Gasteiger charge is -2.18. The number of aromatic carboxylic acids is 1. The summed E-state index contributed by atoms with van der Waals surface area (Å²) in [6.45, 7) is 0.366. The summed E-state index contributed by atoms with van der Waals surface area (Å²) in [5.74, 6) is -1.33. The number of carboxylic acids is 1. The van der Waals surface area contributed by atoms with E-state index in [0.717, 1.165) is 22.3 Å². The second-order valence-electron chi connectivity index (χ2n) is 8.95. The SMILES string of the molecule is O=C(NCC1(C(=O)Nc2cc(I)cc(C(=O)O)c2)CC1)OCC1c2ccccc2-c2ccccc21. The van der Waals surface area contributed by atoms with Crippen molar-refractivity contribution in [1.29, 1.82) is 0 Å². The van der Waals surface area contributed by atoms with Gasteiger partial charge in [-0.25, -0.2) is 9.59 Å². The van der Waals surface area contributed by atoms with Crippen LogP contribution < -0.4 is 10.6 Å². The fourth-order valence-corrected chi connectivity index (χ4v) is 5.25. The lowest BCUT2D eigenvalue weighted by Crippen LogP contribution is -2.37. The number of carbonyl (C=O) groups is 3. The zero-order chi connectivity index (χ0) is 24.6. The van der Waals surface area contributed by atoms with Crippen LogP contribution in [-0.4, -0.2) is 36.2 Å². The molecule has 0 atom stereocenters. The molecule has 0 spiro atoms. The van der Waals surface area contributed by atoms with E-state index >= 15 is 0 Å². The van der Waals surface area contributed by atoms with Crippen LogP contribution in [0.1, 0.15) is 40.2 Å². The third-order valence-electron chi connectivity index (χ3n) is 6.65. The van der Waals surface area contributed by atoms with Crippen LogP contribution in [0.15, 0.2) is 66.7 Å². The first kappa shape index (κ1) is 23.3. The van der Waals surface area contributed by atoms with E-state index in [0.29, 0.717) is 22.1 Å². The fraction of sp³-hybridized carbons (Fsp3) is 0.222. The third-order valence-corrected chi connectivity index (χ3v) is 7.28. The van der Waals surface area contributed by atoms with Crippen molar-refractivity contribution in [1.82, 2.24) is 5.32 Å². The van der Waals surface area contributed by atoms with Crippen molar-refractivity contribution in [2.75, 3.05) is 18.5 Å². The van der Waals surface area contributed by atoms with Gasteiger partial charge < -0.3 is 20.5 Å². The van der Waals surface area contributed by atoms with Crippen molar-refractivity contribution in [3.63, 3.8) is 0 Å². The molecule has 5 rings (SSSR count). The van der Waals surface area contributed by atoms with Gasteiger partial charge in [0.25, 0.3) is 0 Å². The highest BCUT2D eigenvalue weighted by Gasteiger charge is 2.50. The highest BCUT2D eigenvalue weighted by molar-refractivity contribution is 14.1. The number of ether oxygens (including phenoxy) is 1. The van der Waals surface area contributed by atoms with Gasteiger partial charge in [0.2, 0.25) is 5.91 Å². The Kier molecular flexibility index (Phi) is 6.22. The first-order chi connectivity index (χ1) is 16.9. The van der Waals surface area contributed by atoms with Crippen LogP contribution in [-0.2, 0) is 9.53 Å². The Morgan fingerprint density at radius 3 is 2.20 bits per heavy atom. The lowest BCUT2D eigenvalue weighted by atomic mass is 9.98. The summed E-state index contributed by atoms with van der Waals surface area (Å²) in [6, 6.07) is 20.9. The standard InChI is InChI=1S/C27H23IN2O5/c28-17-11-16(24(31)32)12-18(13-17)30-25(33)27(9-10-27)15-29-26(34)35-14-23-21-7-3-1-5-19(21)20-6-2-4-8-22(20)23/h1-8,11-13,23H,9-10,14-15H2,(H,29,34)(H,30,33)(H,31,32). The number of anilines is 1. The van der Waals surface area contributed by atoms with Crippen molar-refractivity contribution in [2.45, 2.75) is 18.8 Å². The molecule has 0 aliphatic heterocycles. The molecule has 2 aliphatic carbocycles. The quantitative estimate of drug-likeness (QED) is 0.331. The molecule has 1 saturated carbocycles. The largest absolute Gasteiger partial charge is 0.478 e. The van der Waals surface area contributed by atoms with Gasteiger partial charge in [0.05, 0.1) is 11.0 Å². The summed E-state index contributed by atoms with van der Waals surface area (Å²) in [4.78, 5) is 36.7. The maximum atomic E-state index is 12.9. The molecule has 8 heteroatoms. The Labute approximate surface area is 216 Å². The molecule has 0 bridgehead atoms. The van der Waals surface area contributed by atoms with Crippen molar-refractivity contribution < 1.29 is 24.2 Å². The van der Waals surface area contributed by atoms with Gasteiger partial charge in [0, 0.05) is 21.7 Å². The van der Waals surface area contributed by atoms with E-state index in [1.807, 2.05) is 46.9 Å². The summed E-state index contributed by atoms with van der Waals surface area (Å²) in [7, 11) is 0. The number of amides is 2. The van der Waals surface area contributed by atoms with Crippen LogP contribution in [0, 0.1) is 8.99 Å². The average molecular weight is 582 g/mol. The fourth-order valence-electron chi connectivity index (χ4n) is 4.57. The Morgan fingerprint density at radius 1 is 0.971 bits per heavy atom. The minimum atomic E-state index is -1.06. The molecule has 0 unspecified atom stereocenters. The normalized spacial score (nSPS) is 15.0. The summed E-state index contributed by atoms with van der Waals surface area (Å²) < 4.78 is 6.28. The smallest absolute Gasteiger partial charge is 0.407 e. The highest BCUT2D eigenvalue weighted by atomic mass is 127. The molecule has 1 fully saturated rings. The van der Waals surface area contributed by atoms with Crippen molar-refractivity contribution in [3.8, 4) is 11.1 Å². The molecule has 3 aromatic carbocycles. The number of hydrogen-bond acceptors (Lipinski definition) is 4. The first-order valence-electron chi connectivity index (χ1n) is 11.3. The lowest BCUT2D eigenvalue weighted by molar-refractivity contribution is -0.120. The van der Waals surface area contributed by atoms with Gasteiger partial charge in [-0.05, 0) is 75.9 Å². The Morgan fingerprint density at radius 2 is 1.60 bits per heavy atom. The van der Waals surface area contributed by atoms with Crippen LogP contribution in [0.25, 0.3) is 11.1 Å². The molecule has 0 saturated heterocycles. The number of rotatable bonds is 7. The predicted octanol–water partition coefficient (Wildman–Crippen LogP) is 5.25. The molecule has 3 aromatic rings. The monoisotopic (exact) mass is 582 g/mol. The van der Waals surface area contributed by atoms with Gasteiger partial charge in [-0.2, -0.15) is 0 Å². The Bertz CT molecular complexity index is 1290. The van der Waals surface area contributed by atoms with E-state index in [9.17, 15) is 19.5 Å². The number of carbonyl (C=O) groups excluding carboxylic acids is 2. The molecular weight excluding hydrogens is 559 g/mol. The maximum Gasteiger partial charge on any atom is 0.407 e. The van der Waals surface area contributed by atoms with Gasteiger partial charge >= 0.3 is 12.1 Å².